The molecular weight excluding hydrogens is 400 g/mol. The van der Waals surface area contributed by atoms with Crippen molar-refractivity contribution in [3.05, 3.63) is 27.3 Å². The van der Waals surface area contributed by atoms with Crippen molar-refractivity contribution in [2.75, 3.05) is 5.33 Å². The highest BCUT2D eigenvalue weighted by Gasteiger charge is 2.31. The summed E-state index contributed by atoms with van der Waals surface area (Å²) in [4.78, 5) is 0. The maximum absolute atomic E-state index is 12.1. The minimum Gasteiger partial charge on any atom is -0.406 e. The first-order valence-corrected chi connectivity index (χ1v) is 6.72. The van der Waals surface area contributed by atoms with Gasteiger partial charge in [0.15, 0.2) is 0 Å². The summed E-state index contributed by atoms with van der Waals surface area (Å²) in [6, 6.07) is 4.67. The van der Waals surface area contributed by atoms with Crippen LogP contribution in [-0.4, -0.2) is 11.7 Å². The Morgan fingerprint density at radius 2 is 2.00 bits per heavy atom. The van der Waals surface area contributed by atoms with Crippen LogP contribution in [0.1, 0.15) is 12.0 Å². The molecule has 0 amide bonds. The normalized spacial score (nSPS) is 11.6. The van der Waals surface area contributed by atoms with Crippen LogP contribution in [0.15, 0.2) is 18.2 Å². The molecule has 0 saturated heterocycles. The quantitative estimate of drug-likeness (QED) is 0.525. The molecule has 6 heteroatoms. The second-order valence-electron chi connectivity index (χ2n) is 3.09. The van der Waals surface area contributed by atoms with E-state index < -0.39 is 6.36 Å². The molecule has 0 radical (unpaired) electrons. The van der Waals surface area contributed by atoms with Gasteiger partial charge in [-0.2, -0.15) is 0 Å². The van der Waals surface area contributed by atoms with E-state index in [0.717, 1.165) is 15.3 Å². The van der Waals surface area contributed by atoms with E-state index in [1.165, 1.54) is 6.07 Å². The molecule has 0 bridgehead atoms. The number of ether oxygens (including phenoxy) is 1. The van der Waals surface area contributed by atoms with Crippen molar-refractivity contribution < 1.29 is 17.9 Å². The minimum absolute atomic E-state index is 0.103. The summed E-state index contributed by atoms with van der Waals surface area (Å²) in [5.74, 6) is -0.103. The molecule has 0 aliphatic heterocycles. The van der Waals surface area contributed by atoms with Crippen molar-refractivity contribution in [3.8, 4) is 5.75 Å². The van der Waals surface area contributed by atoms with Crippen LogP contribution in [0.3, 0.4) is 0 Å². The maximum atomic E-state index is 12.1. The van der Waals surface area contributed by atoms with Crippen LogP contribution in [0, 0.1) is 3.57 Å². The van der Waals surface area contributed by atoms with Gasteiger partial charge < -0.3 is 4.74 Å². The van der Waals surface area contributed by atoms with E-state index in [1.807, 2.05) is 0 Å². The first-order chi connectivity index (χ1) is 7.42. The Morgan fingerprint density at radius 1 is 1.31 bits per heavy atom. The van der Waals surface area contributed by atoms with E-state index in [4.69, 9.17) is 0 Å². The SMILES string of the molecule is FC(F)(F)Oc1ccc(I)cc1CCCBr. The topological polar surface area (TPSA) is 9.23 Å². The Morgan fingerprint density at radius 3 is 2.56 bits per heavy atom. The van der Waals surface area contributed by atoms with Gasteiger partial charge in [-0.25, -0.2) is 0 Å². The fourth-order valence-electron chi connectivity index (χ4n) is 1.22. The van der Waals surface area contributed by atoms with E-state index in [-0.39, 0.29) is 5.75 Å². The fraction of sp³-hybridized carbons (Fsp3) is 0.400. The Labute approximate surface area is 114 Å². The number of hydrogen-bond acceptors (Lipinski definition) is 1. The molecule has 0 fully saturated rings. The molecule has 1 rings (SSSR count). The van der Waals surface area contributed by atoms with E-state index >= 15 is 0 Å². The number of hydrogen-bond donors (Lipinski definition) is 0. The molecule has 0 spiro atoms. The van der Waals surface area contributed by atoms with Gasteiger partial charge in [0.25, 0.3) is 0 Å². The number of benzene rings is 1. The summed E-state index contributed by atoms with van der Waals surface area (Å²) in [6.45, 7) is 0. The van der Waals surface area contributed by atoms with Crippen molar-refractivity contribution in [1.29, 1.82) is 0 Å². The van der Waals surface area contributed by atoms with Crippen LogP contribution < -0.4 is 4.74 Å². The number of halogens is 5. The van der Waals surface area contributed by atoms with Gasteiger partial charge >= 0.3 is 6.36 Å². The number of rotatable bonds is 4. The van der Waals surface area contributed by atoms with Crippen molar-refractivity contribution in [3.63, 3.8) is 0 Å². The molecule has 0 atom stereocenters. The van der Waals surface area contributed by atoms with Gasteiger partial charge in [-0.15, -0.1) is 13.2 Å². The third-order valence-corrected chi connectivity index (χ3v) is 3.06. The first kappa shape index (κ1) is 14.1. The summed E-state index contributed by atoms with van der Waals surface area (Å²) in [5, 5.41) is 0.754. The van der Waals surface area contributed by atoms with Gasteiger partial charge in [0.1, 0.15) is 5.75 Å². The summed E-state index contributed by atoms with van der Waals surface area (Å²) in [7, 11) is 0. The van der Waals surface area contributed by atoms with Gasteiger partial charge in [-0.3, -0.25) is 0 Å². The molecule has 1 nitrogen and oxygen atoms in total. The number of alkyl halides is 4. The molecule has 0 heterocycles. The zero-order chi connectivity index (χ0) is 12.2. The lowest BCUT2D eigenvalue weighted by Gasteiger charge is -2.13. The lowest BCUT2D eigenvalue weighted by Crippen LogP contribution is -2.18. The molecule has 90 valence electrons. The van der Waals surface area contributed by atoms with Crippen LogP contribution in [0.5, 0.6) is 5.75 Å². The van der Waals surface area contributed by atoms with Gasteiger partial charge in [0.05, 0.1) is 0 Å². The second-order valence-corrected chi connectivity index (χ2v) is 5.13. The molecular formula is C10H9BrF3IO. The van der Waals surface area contributed by atoms with Crippen LogP contribution in [0.25, 0.3) is 0 Å². The monoisotopic (exact) mass is 408 g/mol. The van der Waals surface area contributed by atoms with Crippen molar-refractivity contribution in [2.45, 2.75) is 19.2 Å². The Hall–Kier alpha value is 0.0200. The molecule has 1 aromatic rings. The molecule has 0 aliphatic carbocycles. The van der Waals surface area contributed by atoms with E-state index in [9.17, 15) is 13.2 Å². The van der Waals surface area contributed by atoms with Gasteiger partial charge in [-0.05, 0) is 59.2 Å². The highest BCUT2D eigenvalue weighted by atomic mass is 127. The molecule has 0 saturated carbocycles. The summed E-state index contributed by atoms with van der Waals surface area (Å²) < 4.78 is 41.2. The summed E-state index contributed by atoms with van der Waals surface area (Å²) in [6.07, 6.45) is -3.29. The molecule has 16 heavy (non-hydrogen) atoms. The summed E-state index contributed by atoms with van der Waals surface area (Å²) >= 11 is 5.31. The van der Waals surface area contributed by atoms with E-state index in [0.29, 0.717) is 12.0 Å². The highest BCUT2D eigenvalue weighted by molar-refractivity contribution is 14.1. The van der Waals surface area contributed by atoms with Gasteiger partial charge in [-0.1, -0.05) is 15.9 Å². The Kier molecular flexibility index (Phi) is 5.36. The van der Waals surface area contributed by atoms with Crippen molar-refractivity contribution in [2.24, 2.45) is 0 Å². The predicted molar refractivity (Wildman–Crippen MR) is 68.0 cm³/mol. The minimum atomic E-state index is -4.63. The first-order valence-electron chi connectivity index (χ1n) is 4.52. The van der Waals surface area contributed by atoms with E-state index in [1.54, 1.807) is 12.1 Å². The molecule has 0 N–H and O–H groups in total. The fourth-order valence-corrected chi connectivity index (χ4v) is 2.06. The van der Waals surface area contributed by atoms with Crippen molar-refractivity contribution in [1.82, 2.24) is 0 Å². The third-order valence-electron chi connectivity index (χ3n) is 1.83. The smallest absolute Gasteiger partial charge is 0.406 e. The molecule has 0 aromatic heterocycles. The van der Waals surface area contributed by atoms with Gasteiger partial charge in [0.2, 0.25) is 0 Å². The van der Waals surface area contributed by atoms with Crippen LogP contribution >= 0.6 is 38.5 Å². The maximum Gasteiger partial charge on any atom is 0.573 e. The predicted octanol–water partition coefficient (Wildman–Crippen LogP) is 4.52. The van der Waals surface area contributed by atoms with Crippen LogP contribution in [0.4, 0.5) is 13.2 Å². The highest BCUT2D eigenvalue weighted by Crippen LogP contribution is 2.28. The average molecular weight is 409 g/mol. The zero-order valence-corrected chi connectivity index (χ0v) is 11.9. The van der Waals surface area contributed by atoms with Crippen LogP contribution in [0.2, 0.25) is 0 Å². The van der Waals surface area contributed by atoms with E-state index in [2.05, 4.69) is 43.3 Å². The largest absolute Gasteiger partial charge is 0.573 e. The van der Waals surface area contributed by atoms with Crippen LogP contribution in [-0.2, 0) is 6.42 Å². The Balaban J connectivity index is 2.89. The summed E-state index contributed by atoms with van der Waals surface area (Å²) in [5.41, 5.74) is 0.587. The van der Waals surface area contributed by atoms with Gasteiger partial charge in [0, 0.05) is 8.90 Å². The standard InChI is InChI=1S/C10H9BrF3IO/c11-5-1-2-7-6-8(15)3-4-9(7)16-10(12,13)14/h3-4,6H,1-2,5H2. The number of aryl methyl sites for hydroxylation is 1. The second kappa shape index (κ2) is 6.09. The lowest BCUT2D eigenvalue weighted by atomic mass is 10.1. The molecule has 0 unspecified atom stereocenters. The van der Waals surface area contributed by atoms with Crippen molar-refractivity contribution >= 4 is 38.5 Å². The Bertz CT molecular complexity index is 354. The average Bonchev–Trinajstić information content (AvgIpc) is 2.16. The lowest BCUT2D eigenvalue weighted by molar-refractivity contribution is -0.274. The third kappa shape index (κ3) is 4.90. The molecule has 0 aliphatic rings. The molecule has 1 aromatic carbocycles. The zero-order valence-electron chi connectivity index (χ0n) is 8.15.